The molecular formula is C15H22BrClN2O. The molecule has 112 valence electrons. The first kappa shape index (κ1) is 16.2. The predicted molar refractivity (Wildman–Crippen MR) is 86.9 cm³/mol. The molecule has 3 N–H and O–H groups in total. The van der Waals surface area contributed by atoms with E-state index in [0.29, 0.717) is 5.92 Å². The van der Waals surface area contributed by atoms with Crippen LogP contribution >= 0.6 is 27.5 Å². The largest absolute Gasteiger partial charge is 0.393 e. The molecule has 3 unspecified atom stereocenters. The smallest absolute Gasteiger partial charge is 0.0552 e. The molecule has 0 saturated carbocycles. The standard InChI is InChI=1S/C15H22BrClN2O/c1-10(20)11-4-6-19(9-11)7-5-15(18)13-3-2-12(16)8-14(13)17/h2-3,8,10-11,15,20H,4-7,9,18H2,1H3. The van der Waals surface area contributed by atoms with Crippen LogP contribution < -0.4 is 5.73 Å². The van der Waals surface area contributed by atoms with Crippen molar-refractivity contribution in [2.45, 2.75) is 31.9 Å². The normalized spacial score (nSPS) is 22.9. The Balaban J connectivity index is 1.85. The predicted octanol–water partition coefficient (Wildman–Crippen LogP) is 3.20. The van der Waals surface area contributed by atoms with Crippen molar-refractivity contribution in [3.05, 3.63) is 33.3 Å². The van der Waals surface area contributed by atoms with Crippen LogP contribution in [0.25, 0.3) is 0 Å². The SMILES string of the molecule is CC(O)C1CCN(CCC(N)c2ccc(Br)cc2Cl)C1. The highest BCUT2D eigenvalue weighted by atomic mass is 79.9. The number of aliphatic hydroxyl groups excluding tert-OH is 1. The van der Waals surface area contributed by atoms with Crippen molar-refractivity contribution in [3.63, 3.8) is 0 Å². The van der Waals surface area contributed by atoms with Crippen LogP contribution in [0.3, 0.4) is 0 Å². The Kier molecular flexibility index (Phi) is 5.87. The molecule has 0 spiro atoms. The molecule has 1 saturated heterocycles. The fourth-order valence-corrected chi connectivity index (χ4v) is 3.55. The summed E-state index contributed by atoms with van der Waals surface area (Å²) in [5.74, 6) is 0.405. The summed E-state index contributed by atoms with van der Waals surface area (Å²) >= 11 is 9.63. The Morgan fingerprint density at radius 2 is 2.30 bits per heavy atom. The fraction of sp³-hybridized carbons (Fsp3) is 0.600. The van der Waals surface area contributed by atoms with Gasteiger partial charge in [-0.25, -0.2) is 0 Å². The molecule has 5 heteroatoms. The number of nitrogens with zero attached hydrogens (tertiary/aromatic N) is 1. The van der Waals surface area contributed by atoms with Gasteiger partial charge in [-0.1, -0.05) is 33.6 Å². The Labute approximate surface area is 134 Å². The third-order valence-corrected chi connectivity index (χ3v) is 4.93. The molecule has 0 radical (unpaired) electrons. The molecule has 1 aromatic carbocycles. The van der Waals surface area contributed by atoms with E-state index in [2.05, 4.69) is 20.8 Å². The third kappa shape index (κ3) is 4.18. The van der Waals surface area contributed by atoms with Crippen molar-refractivity contribution in [3.8, 4) is 0 Å². The van der Waals surface area contributed by atoms with E-state index in [0.717, 1.165) is 47.5 Å². The Morgan fingerprint density at radius 1 is 1.55 bits per heavy atom. The monoisotopic (exact) mass is 360 g/mol. The number of benzene rings is 1. The van der Waals surface area contributed by atoms with Gasteiger partial charge in [0.05, 0.1) is 6.10 Å². The van der Waals surface area contributed by atoms with Gasteiger partial charge in [-0.3, -0.25) is 0 Å². The van der Waals surface area contributed by atoms with E-state index in [1.54, 1.807) is 0 Å². The number of rotatable bonds is 5. The first-order valence-corrected chi connectivity index (χ1v) is 8.25. The number of aliphatic hydroxyl groups is 1. The van der Waals surface area contributed by atoms with Gasteiger partial charge < -0.3 is 15.7 Å². The highest BCUT2D eigenvalue weighted by Crippen LogP contribution is 2.28. The second-order valence-electron chi connectivity index (χ2n) is 5.65. The molecular weight excluding hydrogens is 340 g/mol. The Bertz CT molecular complexity index is 455. The molecule has 0 amide bonds. The molecule has 1 heterocycles. The van der Waals surface area contributed by atoms with Crippen LogP contribution in [0.2, 0.25) is 5.02 Å². The molecule has 0 aromatic heterocycles. The first-order chi connectivity index (χ1) is 9.47. The summed E-state index contributed by atoms with van der Waals surface area (Å²) in [4.78, 5) is 2.38. The summed E-state index contributed by atoms with van der Waals surface area (Å²) in [5, 5.41) is 10.3. The number of nitrogens with two attached hydrogens (primary N) is 1. The van der Waals surface area contributed by atoms with Crippen LogP contribution in [0, 0.1) is 5.92 Å². The van der Waals surface area contributed by atoms with E-state index in [-0.39, 0.29) is 12.1 Å². The van der Waals surface area contributed by atoms with Crippen LogP contribution in [0.15, 0.2) is 22.7 Å². The van der Waals surface area contributed by atoms with Crippen LogP contribution in [0.4, 0.5) is 0 Å². The maximum atomic E-state index is 9.61. The van der Waals surface area contributed by atoms with Crippen LogP contribution in [0.1, 0.15) is 31.4 Å². The summed E-state index contributed by atoms with van der Waals surface area (Å²) < 4.78 is 0.970. The molecule has 3 nitrogen and oxygen atoms in total. The van der Waals surface area contributed by atoms with Crippen molar-refractivity contribution in [2.24, 2.45) is 11.7 Å². The minimum absolute atomic E-state index is 0.0406. The second-order valence-corrected chi connectivity index (χ2v) is 6.97. The maximum absolute atomic E-state index is 9.61. The zero-order valence-corrected chi connectivity index (χ0v) is 14.1. The Morgan fingerprint density at radius 3 is 2.90 bits per heavy atom. The lowest BCUT2D eigenvalue weighted by Gasteiger charge is -2.20. The molecule has 1 fully saturated rings. The van der Waals surface area contributed by atoms with Gasteiger partial charge in [-0.05, 0) is 56.5 Å². The lowest BCUT2D eigenvalue weighted by atomic mass is 10.0. The maximum Gasteiger partial charge on any atom is 0.0552 e. The van der Waals surface area contributed by atoms with Crippen molar-refractivity contribution < 1.29 is 5.11 Å². The number of likely N-dealkylation sites (tertiary alicyclic amines) is 1. The van der Waals surface area contributed by atoms with Crippen molar-refractivity contribution in [1.82, 2.24) is 4.90 Å². The molecule has 1 aromatic rings. The van der Waals surface area contributed by atoms with Crippen LogP contribution in [-0.4, -0.2) is 35.7 Å². The third-order valence-electron chi connectivity index (χ3n) is 4.11. The summed E-state index contributed by atoms with van der Waals surface area (Å²) in [6.07, 6.45) is 1.74. The molecule has 2 rings (SSSR count). The van der Waals surface area contributed by atoms with Crippen molar-refractivity contribution >= 4 is 27.5 Å². The van der Waals surface area contributed by atoms with Gasteiger partial charge >= 0.3 is 0 Å². The fourth-order valence-electron chi connectivity index (χ4n) is 2.74. The van der Waals surface area contributed by atoms with E-state index < -0.39 is 0 Å². The quantitative estimate of drug-likeness (QED) is 0.847. The average molecular weight is 362 g/mol. The van der Waals surface area contributed by atoms with E-state index in [9.17, 15) is 5.11 Å². The lowest BCUT2D eigenvalue weighted by molar-refractivity contribution is 0.127. The molecule has 1 aliphatic heterocycles. The topological polar surface area (TPSA) is 49.5 Å². The highest BCUT2D eigenvalue weighted by Gasteiger charge is 2.26. The molecule has 0 aliphatic carbocycles. The summed E-state index contributed by atoms with van der Waals surface area (Å²) in [6.45, 7) is 4.85. The highest BCUT2D eigenvalue weighted by molar-refractivity contribution is 9.10. The second kappa shape index (κ2) is 7.23. The molecule has 0 bridgehead atoms. The van der Waals surface area contributed by atoms with Gasteiger partial charge in [-0.2, -0.15) is 0 Å². The van der Waals surface area contributed by atoms with E-state index in [1.165, 1.54) is 0 Å². The van der Waals surface area contributed by atoms with Crippen LogP contribution in [-0.2, 0) is 0 Å². The van der Waals surface area contributed by atoms with Gasteiger partial charge in [0, 0.05) is 22.1 Å². The molecule has 20 heavy (non-hydrogen) atoms. The summed E-state index contributed by atoms with van der Waals surface area (Å²) in [6, 6.07) is 5.80. The van der Waals surface area contributed by atoms with Crippen molar-refractivity contribution in [2.75, 3.05) is 19.6 Å². The van der Waals surface area contributed by atoms with Crippen LogP contribution in [0.5, 0.6) is 0 Å². The molecule has 1 aliphatic rings. The van der Waals surface area contributed by atoms with E-state index in [1.807, 2.05) is 25.1 Å². The molecule has 3 atom stereocenters. The van der Waals surface area contributed by atoms with Gasteiger partial charge in [0.1, 0.15) is 0 Å². The van der Waals surface area contributed by atoms with E-state index >= 15 is 0 Å². The summed E-state index contributed by atoms with van der Waals surface area (Å²) in [7, 11) is 0. The number of halogens is 2. The van der Waals surface area contributed by atoms with Crippen molar-refractivity contribution in [1.29, 1.82) is 0 Å². The van der Waals surface area contributed by atoms with Gasteiger partial charge in [0.15, 0.2) is 0 Å². The zero-order chi connectivity index (χ0) is 14.7. The van der Waals surface area contributed by atoms with Gasteiger partial charge in [0.2, 0.25) is 0 Å². The minimum atomic E-state index is -0.213. The lowest BCUT2D eigenvalue weighted by Crippen LogP contribution is -2.27. The first-order valence-electron chi connectivity index (χ1n) is 7.08. The Hall–Kier alpha value is -0.130. The minimum Gasteiger partial charge on any atom is -0.393 e. The van der Waals surface area contributed by atoms with Gasteiger partial charge in [0.25, 0.3) is 0 Å². The van der Waals surface area contributed by atoms with E-state index in [4.69, 9.17) is 17.3 Å². The average Bonchev–Trinajstić information content (AvgIpc) is 2.85. The number of hydrogen-bond acceptors (Lipinski definition) is 3. The summed E-state index contributed by atoms with van der Waals surface area (Å²) in [5.41, 5.74) is 7.24. The number of hydrogen-bond donors (Lipinski definition) is 2. The zero-order valence-electron chi connectivity index (χ0n) is 11.7. The van der Waals surface area contributed by atoms with Gasteiger partial charge in [-0.15, -0.1) is 0 Å².